The first-order valence-corrected chi connectivity index (χ1v) is 7.02. The number of aromatic carboxylic acids is 1. The molecule has 0 bridgehead atoms. The summed E-state index contributed by atoms with van der Waals surface area (Å²) in [5.74, 6) is -1.91. The molecule has 1 heterocycles. The molecule has 0 aliphatic carbocycles. The Kier molecular flexibility index (Phi) is 4.12. The van der Waals surface area contributed by atoms with Crippen LogP contribution in [0.1, 0.15) is 21.9 Å². The third-order valence-corrected chi connectivity index (χ3v) is 2.84. The Morgan fingerprint density at radius 3 is 2.50 bits per heavy atom. The zero-order valence-corrected chi connectivity index (χ0v) is 10.7. The Hall–Kier alpha value is -1.83. The molecule has 1 aromatic heterocycles. The van der Waals surface area contributed by atoms with Crippen molar-refractivity contribution in [2.24, 2.45) is 0 Å². The van der Waals surface area contributed by atoms with E-state index in [0.29, 0.717) is 0 Å². The van der Waals surface area contributed by atoms with Crippen LogP contribution >= 0.6 is 0 Å². The van der Waals surface area contributed by atoms with E-state index < -0.39 is 27.5 Å². The van der Waals surface area contributed by atoms with Crippen LogP contribution in [0.3, 0.4) is 0 Å². The number of hydrogen-bond donors (Lipinski definition) is 2. The maximum Gasteiger partial charge on any atom is 0.339 e. The van der Waals surface area contributed by atoms with Crippen LogP contribution in [0, 0.1) is 6.92 Å². The van der Waals surface area contributed by atoms with Crippen molar-refractivity contribution in [2.75, 3.05) is 12.0 Å². The Morgan fingerprint density at radius 1 is 1.44 bits per heavy atom. The lowest BCUT2D eigenvalue weighted by atomic mass is 10.2. The molecule has 0 aliphatic rings. The van der Waals surface area contributed by atoms with Gasteiger partial charge in [0.25, 0.3) is 0 Å². The summed E-state index contributed by atoms with van der Waals surface area (Å²) < 4.78 is 26.8. The molecule has 0 aliphatic heterocycles. The van der Waals surface area contributed by atoms with Crippen molar-refractivity contribution in [3.05, 3.63) is 23.2 Å². The average molecular weight is 275 g/mol. The molecule has 7 nitrogen and oxygen atoms in total. The predicted molar refractivity (Wildman–Crippen MR) is 62.0 cm³/mol. The smallest absolute Gasteiger partial charge is 0.339 e. The van der Waals surface area contributed by atoms with Gasteiger partial charge in [-0.3, -0.25) is 4.79 Å². The Morgan fingerprint density at radius 2 is 2.06 bits per heavy atom. The van der Waals surface area contributed by atoms with E-state index in [0.717, 1.165) is 6.26 Å². The molecule has 0 radical (unpaired) electrons. The van der Waals surface area contributed by atoms with Crippen molar-refractivity contribution < 1.29 is 27.5 Å². The maximum absolute atomic E-state index is 11.2. The van der Waals surface area contributed by atoms with Crippen LogP contribution in [0.15, 0.2) is 10.5 Å². The highest BCUT2D eigenvalue weighted by atomic mass is 32.2. The van der Waals surface area contributed by atoms with Crippen molar-refractivity contribution in [3.8, 4) is 0 Å². The molecule has 0 aromatic carbocycles. The summed E-state index contributed by atoms with van der Waals surface area (Å²) in [4.78, 5) is 21.9. The van der Waals surface area contributed by atoms with E-state index in [1.54, 1.807) is 0 Å². The molecule has 100 valence electrons. The molecule has 1 amide bonds. The number of carbonyl (C=O) groups excluding carboxylic acids is 1. The summed E-state index contributed by atoms with van der Waals surface area (Å²) in [6.45, 7) is 1.44. The van der Waals surface area contributed by atoms with Gasteiger partial charge < -0.3 is 14.8 Å². The highest BCUT2D eigenvalue weighted by Crippen LogP contribution is 2.14. The topological polar surface area (TPSA) is 114 Å². The van der Waals surface area contributed by atoms with Gasteiger partial charge in [0.1, 0.15) is 22.8 Å². The first-order chi connectivity index (χ1) is 8.19. The second-order valence-corrected chi connectivity index (χ2v) is 5.97. The molecule has 0 fully saturated rings. The van der Waals surface area contributed by atoms with E-state index >= 15 is 0 Å². The molecule has 0 unspecified atom stereocenters. The second-order valence-electron chi connectivity index (χ2n) is 3.83. The van der Waals surface area contributed by atoms with Crippen molar-refractivity contribution >= 4 is 21.7 Å². The van der Waals surface area contributed by atoms with Gasteiger partial charge in [-0.05, 0) is 13.0 Å². The first kappa shape index (κ1) is 14.2. The fraction of sp³-hybridized carbons (Fsp3) is 0.400. The number of amides is 1. The summed E-state index contributed by atoms with van der Waals surface area (Å²) in [5.41, 5.74) is 0.0161. The minimum absolute atomic E-state index is 0.0161. The number of carboxylic acids is 1. The summed E-state index contributed by atoms with van der Waals surface area (Å²) >= 11 is 0. The van der Waals surface area contributed by atoms with Crippen LogP contribution in [0.4, 0.5) is 0 Å². The number of rotatable bonds is 5. The standard InChI is InChI=1S/C10H13NO6S/c1-6-8(10(13)14)3-7(17-6)4-11-9(12)5-18(2,15)16/h3H,4-5H2,1-2H3,(H,11,12)(H,13,14). The molecule has 0 saturated carbocycles. The molecule has 1 aromatic rings. The van der Waals surface area contributed by atoms with Crippen LogP contribution in [0.25, 0.3) is 0 Å². The van der Waals surface area contributed by atoms with Crippen LogP contribution in [0.5, 0.6) is 0 Å². The van der Waals surface area contributed by atoms with Gasteiger partial charge in [-0.15, -0.1) is 0 Å². The van der Waals surface area contributed by atoms with Crippen molar-refractivity contribution in [1.29, 1.82) is 0 Å². The lowest BCUT2D eigenvalue weighted by Crippen LogP contribution is -2.29. The van der Waals surface area contributed by atoms with Crippen LogP contribution in [-0.2, 0) is 21.2 Å². The molecule has 8 heteroatoms. The van der Waals surface area contributed by atoms with E-state index in [-0.39, 0.29) is 23.6 Å². The molecular formula is C10H13NO6S. The van der Waals surface area contributed by atoms with E-state index in [1.807, 2.05) is 0 Å². The van der Waals surface area contributed by atoms with Gasteiger partial charge in [-0.25, -0.2) is 13.2 Å². The normalized spacial score (nSPS) is 11.2. The minimum Gasteiger partial charge on any atom is -0.478 e. The van der Waals surface area contributed by atoms with Crippen molar-refractivity contribution in [3.63, 3.8) is 0 Å². The van der Waals surface area contributed by atoms with Crippen molar-refractivity contribution in [2.45, 2.75) is 13.5 Å². The molecule has 0 atom stereocenters. The SMILES string of the molecule is Cc1oc(CNC(=O)CS(C)(=O)=O)cc1C(=O)O. The number of carbonyl (C=O) groups is 2. The number of nitrogens with one attached hydrogen (secondary N) is 1. The zero-order chi connectivity index (χ0) is 13.9. The third kappa shape index (κ3) is 4.21. The van der Waals surface area contributed by atoms with Gasteiger partial charge >= 0.3 is 5.97 Å². The lowest BCUT2D eigenvalue weighted by molar-refractivity contribution is -0.118. The first-order valence-electron chi connectivity index (χ1n) is 4.96. The fourth-order valence-electron chi connectivity index (χ4n) is 1.32. The Balaban J connectivity index is 2.62. The average Bonchev–Trinajstić information content (AvgIpc) is 2.54. The molecule has 0 saturated heterocycles. The van der Waals surface area contributed by atoms with Crippen LogP contribution in [0.2, 0.25) is 0 Å². The van der Waals surface area contributed by atoms with Gasteiger partial charge in [0.2, 0.25) is 5.91 Å². The van der Waals surface area contributed by atoms with Crippen molar-refractivity contribution in [1.82, 2.24) is 5.32 Å². The molecular weight excluding hydrogens is 262 g/mol. The highest BCUT2D eigenvalue weighted by Gasteiger charge is 2.15. The maximum atomic E-state index is 11.2. The number of carboxylic acid groups (broad SMARTS) is 1. The quantitative estimate of drug-likeness (QED) is 0.778. The summed E-state index contributed by atoms with van der Waals surface area (Å²) in [7, 11) is -3.38. The van der Waals surface area contributed by atoms with E-state index in [2.05, 4.69) is 5.32 Å². The number of sulfone groups is 1. The van der Waals surface area contributed by atoms with Gasteiger partial charge in [0.15, 0.2) is 9.84 Å². The molecule has 2 N–H and O–H groups in total. The van der Waals surface area contributed by atoms with E-state index in [9.17, 15) is 18.0 Å². The monoisotopic (exact) mass is 275 g/mol. The Bertz CT molecular complexity index is 571. The van der Waals surface area contributed by atoms with Gasteiger partial charge in [0, 0.05) is 6.26 Å². The Labute approximate surface area is 104 Å². The third-order valence-electron chi connectivity index (χ3n) is 2.05. The molecule has 0 spiro atoms. The van der Waals surface area contributed by atoms with E-state index in [1.165, 1.54) is 13.0 Å². The molecule has 1 rings (SSSR count). The second kappa shape index (κ2) is 5.21. The molecule has 18 heavy (non-hydrogen) atoms. The number of aryl methyl sites for hydroxylation is 1. The van der Waals surface area contributed by atoms with Gasteiger partial charge in [0.05, 0.1) is 6.54 Å². The predicted octanol–water partition coefficient (Wildman–Crippen LogP) is -0.0530. The number of hydrogen-bond acceptors (Lipinski definition) is 5. The summed E-state index contributed by atoms with van der Waals surface area (Å²) in [6, 6.07) is 1.29. The minimum atomic E-state index is -3.38. The van der Waals surface area contributed by atoms with Crippen LogP contribution < -0.4 is 5.32 Å². The zero-order valence-electron chi connectivity index (χ0n) is 9.89. The summed E-state index contributed by atoms with van der Waals surface area (Å²) in [5, 5.41) is 11.1. The lowest BCUT2D eigenvalue weighted by Gasteiger charge is -2.01. The van der Waals surface area contributed by atoms with Crippen LogP contribution in [-0.4, -0.2) is 37.4 Å². The van der Waals surface area contributed by atoms with Gasteiger partial charge in [-0.1, -0.05) is 0 Å². The van der Waals surface area contributed by atoms with E-state index in [4.69, 9.17) is 9.52 Å². The largest absolute Gasteiger partial charge is 0.478 e. The highest BCUT2D eigenvalue weighted by molar-refractivity contribution is 7.91. The summed E-state index contributed by atoms with van der Waals surface area (Å²) in [6.07, 6.45) is 0.951. The number of furan rings is 1. The fourth-order valence-corrected chi connectivity index (χ4v) is 1.90. The van der Waals surface area contributed by atoms with Gasteiger partial charge in [-0.2, -0.15) is 0 Å².